The summed E-state index contributed by atoms with van der Waals surface area (Å²) in [5, 5.41) is 9.06. The second kappa shape index (κ2) is 6.61. The maximum Gasteiger partial charge on any atom is 0.391 e. The Hall–Kier alpha value is -0.490. The molecular formula is C11H19ClF3NO2. The van der Waals surface area contributed by atoms with Gasteiger partial charge in [0.25, 0.3) is 0 Å². The molecule has 0 amide bonds. The van der Waals surface area contributed by atoms with Gasteiger partial charge in [0.2, 0.25) is 0 Å². The van der Waals surface area contributed by atoms with E-state index in [0.717, 1.165) is 0 Å². The minimum absolute atomic E-state index is 0. The molecule has 1 heterocycles. The Morgan fingerprint density at radius 1 is 1.28 bits per heavy atom. The van der Waals surface area contributed by atoms with E-state index in [1.54, 1.807) is 18.7 Å². The molecule has 0 aliphatic carbocycles. The number of piperidine rings is 1. The van der Waals surface area contributed by atoms with Gasteiger partial charge in [-0.25, -0.2) is 0 Å². The van der Waals surface area contributed by atoms with Crippen LogP contribution in [0, 0.1) is 11.8 Å². The molecule has 1 fully saturated rings. The molecule has 1 unspecified atom stereocenters. The summed E-state index contributed by atoms with van der Waals surface area (Å²) in [6, 6.07) is -0.677. The molecular weight excluding hydrogens is 271 g/mol. The topological polar surface area (TPSA) is 40.5 Å². The number of nitrogens with zero attached hydrogens (tertiary/aromatic N) is 1. The van der Waals surface area contributed by atoms with Gasteiger partial charge in [-0.2, -0.15) is 13.2 Å². The van der Waals surface area contributed by atoms with Crippen LogP contribution in [0.5, 0.6) is 0 Å². The van der Waals surface area contributed by atoms with E-state index in [-0.39, 0.29) is 44.3 Å². The van der Waals surface area contributed by atoms with Crippen LogP contribution in [0.2, 0.25) is 0 Å². The van der Waals surface area contributed by atoms with E-state index in [2.05, 4.69) is 0 Å². The fourth-order valence-corrected chi connectivity index (χ4v) is 2.37. The summed E-state index contributed by atoms with van der Waals surface area (Å²) < 4.78 is 37.4. The number of hydrogen-bond donors (Lipinski definition) is 1. The number of rotatable bonds is 3. The van der Waals surface area contributed by atoms with Gasteiger partial charge in [0, 0.05) is 0 Å². The fraction of sp³-hybridized carbons (Fsp3) is 0.909. The molecule has 0 aromatic rings. The summed E-state index contributed by atoms with van der Waals surface area (Å²) in [5.41, 5.74) is 0. The summed E-state index contributed by atoms with van der Waals surface area (Å²) in [4.78, 5) is 12.7. The molecule has 3 nitrogen and oxygen atoms in total. The first-order chi connectivity index (χ1) is 7.73. The van der Waals surface area contributed by atoms with Crippen LogP contribution >= 0.6 is 12.4 Å². The highest BCUT2D eigenvalue weighted by molar-refractivity contribution is 5.85. The first-order valence-corrected chi connectivity index (χ1v) is 5.77. The van der Waals surface area contributed by atoms with Crippen molar-refractivity contribution in [1.82, 2.24) is 4.90 Å². The molecule has 0 radical (unpaired) electrons. The van der Waals surface area contributed by atoms with Crippen LogP contribution in [0.4, 0.5) is 13.2 Å². The average molecular weight is 290 g/mol. The zero-order valence-corrected chi connectivity index (χ0v) is 11.2. The summed E-state index contributed by atoms with van der Waals surface area (Å²) in [5.74, 6) is -2.33. The summed E-state index contributed by atoms with van der Waals surface area (Å²) in [6.07, 6.45) is -4.15. The first kappa shape index (κ1) is 17.5. The van der Waals surface area contributed by atoms with Crippen molar-refractivity contribution in [2.45, 2.75) is 38.9 Å². The standard InChI is InChI=1S/C11H18F3NO2.ClH/c1-7(2)9(10(16)17)15-5-3-8(4-6-15)11(12,13)14;/h7-9H,3-6H2,1-2H3,(H,16,17);1H. The molecule has 0 bridgehead atoms. The number of carboxylic acid groups (broad SMARTS) is 1. The smallest absolute Gasteiger partial charge is 0.391 e. The lowest BCUT2D eigenvalue weighted by molar-refractivity contribution is -0.187. The number of aliphatic carboxylic acids is 1. The zero-order valence-electron chi connectivity index (χ0n) is 10.4. The number of halogens is 4. The van der Waals surface area contributed by atoms with Gasteiger partial charge in [0.1, 0.15) is 6.04 Å². The monoisotopic (exact) mass is 289 g/mol. The third-order valence-corrected chi connectivity index (χ3v) is 3.27. The van der Waals surface area contributed by atoms with E-state index in [0.29, 0.717) is 0 Å². The van der Waals surface area contributed by atoms with Crippen LogP contribution in [0.1, 0.15) is 26.7 Å². The Labute approximate surface area is 111 Å². The Kier molecular flexibility index (Phi) is 6.43. The molecule has 1 rings (SSSR count). The van der Waals surface area contributed by atoms with Crippen molar-refractivity contribution >= 4 is 18.4 Å². The highest BCUT2D eigenvalue weighted by atomic mass is 35.5. The van der Waals surface area contributed by atoms with E-state index in [4.69, 9.17) is 5.11 Å². The van der Waals surface area contributed by atoms with Gasteiger partial charge in [-0.15, -0.1) is 12.4 Å². The van der Waals surface area contributed by atoms with Crippen molar-refractivity contribution in [3.63, 3.8) is 0 Å². The van der Waals surface area contributed by atoms with Crippen molar-refractivity contribution in [3.05, 3.63) is 0 Å². The van der Waals surface area contributed by atoms with Crippen molar-refractivity contribution in [1.29, 1.82) is 0 Å². The van der Waals surface area contributed by atoms with Gasteiger partial charge in [0.15, 0.2) is 0 Å². The highest BCUT2D eigenvalue weighted by Crippen LogP contribution is 2.35. The van der Waals surface area contributed by atoms with Crippen molar-refractivity contribution in [2.75, 3.05) is 13.1 Å². The molecule has 0 spiro atoms. The number of carbonyl (C=O) groups is 1. The lowest BCUT2D eigenvalue weighted by atomic mass is 9.93. The molecule has 1 N–H and O–H groups in total. The number of likely N-dealkylation sites (tertiary alicyclic amines) is 1. The van der Waals surface area contributed by atoms with E-state index >= 15 is 0 Å². The highest BCUT2D eigenvalue weighted by Gasteiger charge is 2.43. The van der Waals surface area contributed by atoms with Gasteiger partial charge in [-0.3, -0.25) is 9.69 Å². The van der Waals surface area contributed by atoms with Gasteiger partial charge in [-0.1, -0.05) is 13.8 Å². The van der Waals surface area contributed by atoms with Crippen LogP contribution in [-0.2, 0) is 4.79 Å². The second-order valence-corrected chi connectivity index (χ2v) is 4.88. The van der Waals surface area contributed by atoms with E-state index in [1.807, 2.05) is 0 Å². The third kappa shape index (κ3) is 4.31. The quantitative estimate of drug-likeness (QED) is 0.868. The number of hydrogen-bond acceptors (Lipinski definition) is 2. The Balaban J connectivity index is 0.00000289. The fourth-order valence-electron chi connectivity index (χ4n) is 2.37. The van der Waals surface area contributed by atoms with E-state index < -0.39 is 24.1 Å². The Bertz CT molecular complexity index is 276. The van der Waals surface area contributed by atoms with Gasteiger partial charge < -0.3 is 5.11 Å². The summed E-state index contributed by atoms with van der Waals surface area (Å²) in [6.45, 7) is 3.96. The number of carboxylic acids is 1. The molecule has 0 saturated carbocycles. The molecule has 1 atom stereocenters. The second-order valence-electron chi connectivity index (χ2n) is 4.88. The van der Waals surface area contributed by atoms with Crippen LogP contribution < -0.4 is 0 Å². The van der Waals surface area contributed by atoms with Gasteiger partial charge in [0.05, 0.1) is 5.92 Å². The van der Waals surface area contributed by atoms with Gasteiger partial charge in [-0.05, 0) is 31.8 Å². The normalized spacial score (nSPS) is 20.6. The van der Waals surface area contributed by atoms with E-state index in [1.165, 1.54) is 0 Å². The Morgan fingerprint density at radius 2 is 1.72 bits per heavy atom. The number of alkyl halides is 3. The first-order valence-electron chi connectivity index (χ1n) is 5.77. The Morgan fingerprint density at radius 3 is 2.00 bits per heavy atom. The predicted octanol–water partition coefficient (Wildman–Crippen LogP) is 2.79. The molecule has 1 aliphatic heterocycles. The van der Waals surface area contributed by atoms with Crippen molar-refractivity contribution < 1.29 is 23.1 Å². The molecule has 1 aliphatic rings. The van der Waals surface area contributed by atoms with E-state index in [9.17, 15) is 18.0 Å². The molecule has 7 heteroatoms. The molecule has 0 aromatic heterocycles. The zero-order chi connectivity index (χ0) is 13.2. The maximum absolute atomic E-state index is 12.5. The minimum atomic E-state index is -4.15. The van der Waals surface area contributed by atoms with Crippen LogP contribution in [0.3, 0.4) is 0 Å². The molecule has 0 aromatic carbocycles. The minimum Gasteiger partial charge on any atom is -0.480 e. The molecule has 18 heavy (non-hydrogen) atoms. The SMILES string of the molecule is CC(C)C(C(=O)O)N1CCC(C(F)(F)F)CC1.Cl. The van der Waals surface area contributed by atoms with Gasteiger partial charge >= 0.3 is 12.1 Å². The lowest BCUT2D eigenvalue weighted by Crippen LogP contribution is -2.49. The molecule has 1 saturated heterocycles. The lowest BCUT2D eigenvalue weighted by Gasteiger charge is -2.37. The van der Waals surface area contributed by atoms with Crippen LogP contribution in [0.25, 0.3) is 0 Å². The summed E-state index contributed by atoms with van der Waals surface area (Å²) >= 11 is 0. The predicted molar refractivity (Wildman–Crippen MR) is 63.9 cm³/mol. The third-order valence-electron chi connectivity index (χ3n) is 3.27. The molecule has 108 valence electrons. The van der Waals surface area contributed by atoms with Crippen molar-refractivity contribution in [3.8, 4) is 0 Å². The summed E-state index contributed by atoms with van der Waals surface area (Å²) in [7, 11) is 0. The van der Waals surface area contributed by atoms with Crippen molar-refractivity contribution in [2.24, 2.45) is 11.8 Å². The average Bonchev–Trinajstić information content (AvgIpc) is 2.15. The van der Waals surface area contributed by atoms with Crippen LogP contribution in [0.15, 0.2) is 0 Å². The maximum atomic E-state index is 12.5. The largest absolute Gasteiger partial charge is 0.480 e. The van der Waals surface area contributed by atoms with Crippen LogP contribution in [-0.4, -0.2) is 41.3 Å².